The minimum absolute atomic E-state index is 0.402. The molecule has 0 saturated heterocycles. The van der Waals surface area contributed by atoms with Crippen molar-refractivity contribution in [1.29, 1.82) is 0 Å². The number of hydrogen-bond acceptors (Lipinski definition) is 1. The summed E-state index contributed by atoms with van der Waals surface area (Å²) in [5, 5.41) is 0. The average molecular weight is 327 g/mol. The third kappa shape index (κ3) is 13.0. The first kappa shape index (κ1) is 23.0. The maximum Gasteiger partial charge on any atom is 0.0576 e. The van der Waals surface area contributed by atoms with Gasteiger partial charge in [0.2, 0.25) is 0 Å². The van der Waals surface area contributed by atoms with Crippen LogP contribution >= 0.6 is 0 Å². The molecule has 1 heteroatoms. The van der Waals surface area contributed by atoms with Crippen molar-refractivity contribution in [3.8, 4) is 0 Å². The van der Waals surface area contributed by atoms with Gasteiger partial charge in [0.15, 0.2) is 0 Å². The van der Waals surface area contributed by atoms with Crippen LogP contribution in [-0.4, -0.2) is 12.2 Å². The first-order valence-electron chi connectivity index (χ1n) is 10.7. The molecule has 4 atom stereocenters. The van der Waals surface area contributed by atoms with Crippen LogP contribution in [0.2, 0.25) is 0 Å². The van der Waals surface area contributed by atoms with Gasteiger partial charge in [-0.1, -0.05) is 91.9 Å². The summed E-state index contributed by atoms with van der Waals surface area (Å²) < 4.78 is 6.33. The largest absolute Gasteiger partial charge is 0.375 e. The van der Waals surface area contributed by atoms with Crippen LogP contribution in [0.25, 0.3) is 0 Å². The molecule has 0 aliphatic rings. The first-order valence-corrected chi connectivity index (χ1v) is 10.7. The van der Waals surface area contributed by atoms with Crippen LogP contribution in [0.4, 0.5) is 0 Å². The quantitative estimate of drug-likeness (QED) is 0.263. The second-order valence-electron chi connectivity index (χ2n) is 7.91. The van der Waals surface area contributed by atoms with Crippen molar-refractivity contribution in [2.75, 3.05) is 0 Å². The fourth-order valence-corrected chi connectivity index (χ4v) is 3.22. The van der Waals surface area contributed by atoms with Crippen LogP contribution in [0.5, 0.6) is 0 Å². The lowest BCUT2D eigenvalue weighted by atomic mass is 9.95. The van der Waals surface area contributed by atoms with E-state index in [2.05, 4.69) is 41.5 Å². The highest BCUT2D eigenvalue weighted by Crippen LogP contribution is 2.22. The molecule has 0 aromatic rings. The summed E-state index contributed by atoms with van der Waals surface area (Å²) in [4.78, 5) is 0. The van der Waals surface area contributed by atoms with Crippen molar-refractivity contribution in [3.05, 3.63) is 0 Å². The molecule has 4 unspecified atom stereocenters. The highest BCUT2D eigenvalue weighted by molar-refractivity contribution is 4.68. The smallest absolute Gasteiger partial charge is 0.0576 e. The summed E-state index contributed by atoms with van der Waals surface area (Å²) >= 11 is 0. The normalized spacial score (nSPS) is 17.0. The van der Waals surface area contributed by atoms with Crippen molar-refractivity contribution in [2.45, 2.75) is 131 Å². The number of rotatable bonds is 16. The zero-order valence-corrected chi connectivity index (χ0v) is 17.2. The summed E-state index contributed by atoms with van der Waals surface area (Å²) in [5.74, 6) is 1.38. The summed E-state index contributed by atoms with van der Waals surface area (Å²) in [7, 11) is 0. The van der Waals surface area contributed by atoms with Gasteiger partial charge in [0.1, 0.15) is 0 Å². The minimum atomic E-state index is 0.402. The van der Waals surface area contributed by atoms with Gasteiger partial charge in [0, 0.05) is 0 Å². The zero-order chi connectivity index (χ0) is 17.5. The number of hydrogen-bond donors (Lipinski definition) is 0. The van der Waals surface area contributed by atoms with Crippen LogP contribution in [0.1, 0.15) is 119 Å². The standard InChI is InChI=1S/C22H46O/c1-7-9-11-13-15-17-19(3)21(5)23-22(6)20(4)18-16-14-12-10-8-2/h19-22H,7-18H2,1-6H3. The molecule has 0 rings (SSSR count). The van der Waals surface area contributed by atoms with E-state index >= 15 is 0 Å². The second-order valence-corrected chi connectivity index (χ2v) is 7.91. The van der Waals surface area contributed by atoms with Gasteiger partial charge >= 0.3 is 0 Å². The average Bonchev–Trinajstić information content (AvgIpc) is 2.53. The van der Waals surface area contributed by atoms with Gasteiger partial charge in [-0.25, -0.2) is 0 Å². The highest BCUT2D eigenvalue weighted by atomic mass is 16.5. The number of unbranched alkanes of at least 4 members (excludes halogenated alkanes) is 8. The molecule has 0 aliphatic heterocycles. The van der Waals surface area contributed by atoms with Gasteiger partial charge in [-0.15, -0.1) is 0 Å². The second kappa shape index (κ2) is 15.5. The summed E-state index contributed by atoms with van der Waals surface area (Å²) in [6.07, 6.45) is 17.3. The van der Waals surface area contributed by atoms with E-state index in [0.29, 0.717) is 24.0 Å². The molecule has 0 heterocycles. The molecule has 140 valence electrons. The Morgan fingerprint density at radius 1 is 0.522 bits per heavy atom. The van der Waals surface area contributed by atoms with Crippen molar-refractivity contribution in [2.24, 2.45) is 11.8 Å². The molecule has 0 spiro atoms. The fourth-order valence-electron chi connectivity index (χ4n) is 3.22. The monoisotopic (exact) mass is 326 g/mol. The molecular formula is C22H46O. The summed E-state index contributed by atoms with van der Waals surface area (Å²) in [6, 6.07) is 0. The van der Waals surface area contributed by atoms with Crippen LogP contribution in [0.3, 0.4) is 0 Å². The molecule has 0 N–H and O–H groups in total. The first-order chi connectivity index (χ1) is 11.0. The lowest BCUT2D eigenvalue weighted by molar-refractivity contribution is -0.0473. The van der Waals surface area contributed by atoms with Gasteiger partial charge < -0.3 is 4.74 Å². The van der Waals surface area contributed by atoms with E-state index in [4.69, 9.17) is 4.74 Å². The Morgan fingerprint density at radius 3 is 1.22 bits per heavy atom. The molecule has 0 amide bonds. The Morgan fingerprint density at radius 2 is 0.870 bits per heavy atom. The molecule has 0 aliphatic carbocycles. The van der Waals surface area contributed by atoms with Gasteiger partial charge in [-0.2, -0.15) is 0 Å². The van der Waals surface area contributed by atoms with Crippen molar-refractivity contribution in [3.63, 3.8) is 0 Å². The van der Waals surface area contributed by atoms with E-state index in [-0.39, 0.29) is 0 Å². The Balaban J connectivity index is 3.77. The molecule has 0 aromatic carbocycles. The van der Waals surface area contributed by atoms with Crippen LogP contribution in [0.15, 0.2) is 0 Å². The van der Waals surface area contributed by atoms with Crippen LogP contribution in [-0.2, 0) is 4.74 Å². The zero-order valence-electron chi connectivity index (χ0n) is 17.2. The molecule has 23 heavy (non-hydrogen) atoms. The molecule has 0 fully saturated rings. The molecule has 1 nitrogen and oxygen atoms in total. The predicted octanol–water partition coefficient (Wildman–Crippen LogP) is 7.77. The maximum absolute atomic E-state index is 6.33. The van der Waals surface area contributed by atoms with E-state index < -0.39 is 0 Å². The minimum Gasteiger partial charge on any atom is -0.375 e. The lowest BCUT2D eigenvalue weighted by Crippen LogP contribution is -2.27. The van der Waals surface area contributed by atoms with Crippen LogP contribution < -0.4 is 0 Å². The van der Waals surface area contributed by atoms with E-state index in [9.17, 15) is 0 Å². The third-order valence-corrected chi connectivity index (χ3v) is 5.56. The van der Waals surface area contributed by atoms with Crippen LogP contribution in [0, 0.1) is 11.8 Å². The highest BCUT2D eigenvalue weighted by Gasteiger charge is 2.19. The van der Waals surface area contributed by atoms with Gasteiger partial charge in [-0.05, 0) is 38.5 Å². The van der Waals surface area contributed by atoms with Crippen molar-refractivity contribution < 1.29 is 4.74 Å². The SMILES string of the molecule is CCCCCCCC(C)C(C)OC(C)C(C)CCCCCCC. The Labute approximate surface area is 148 Å². The van der Waals surface area contributed by atoms with E-state index in [1.54, 1.807) is 0 Å². The third-order valence-electron chi connectivity index (χ3n) is 5.56. The van der Waals surface area contributed by atoms with E-state index in [0.717, 1.165) is 0 Å². The molecule has 0 radical (unpaired) electrons. The molecule has 0 saturated carbocycles. The Bertz CT molecular complexity index is 214. The Kier molecular flexibility index (Phi) is 15.5. The maximum atomic E-state index is 6.33. The molecule has 0 bridgehead atoms. The van der Waals surface area contributed by atoms with E-state index in [1.165, 1.54) is 77.0 Å². The van der Waals surface area contributed by atoms with Gasteiger partial charge in [0.05, 0.1) is 12.2 Å². The predicted molar refractivity (Wildman–Crippen MR) is 105 cm³/mol. The van der Waals surface area contributed by atoms with Gasteiger partial charge in [-0.3, -0.25) is 0 Å². The molecule has 0 aromatic heterocycles. The van der Waals surface area contributed by atoms with Crippen molar-refractivity contribution >= 4 is 0 Å². The number of ether oxygens (including phenoxy) is 1. The summed E-state index contributed by atoms with van der Waals surface area (Å²) in [6.45, 7) is 13.9. The lowest BCUT2D eigenvalue weighted by Gasteiger charge is -2.28. The van der Waals surface area contributed by atoms with E-state index in [1.807, 2.05) is 0 Å². The Hall–Kier alpha value is -0.0400. The topological polar surface area (TPSA) is 9.23 Å². The fraction of sp³-hybridized carbons (Fsp3) is 1.00. The molecular weight excluding hydrogens is 280 g/mol. The van der Waals surface area contributed by atoms with Crippen molar-refractivity contribution in [1.82, 2.24) is 0 Å². The van der Waals surface area contributed by atoms with Gasteiger partial charge in [0.25, 0.3) is 0 Å². The summed E-state index contributed by atoms with van der Waals surface area (Å²) in [5.41, 5.74) is 0.